The minimum Gasteiger partial charge on any atom is -0.436 e. The number of anilines is 2. The van der Waals surface area contributed by atoms with Crippen molar-refractivity contribution < 1.29 is 18.4 Å². The second kappa shape index (κ2) is 8.63. The minimum atomic E-state index is -0.514. The third-order valence-electron chi connectivity index (χ3n) is 7.01. The van der Waals surface area contributed by atoms with Gasteiger partial charge in [0.25, 0.3) is 5.91 Å². The predicted octanol–water partition coefficient (Wildman–Crippen LogP) is 3.48. The summed E-state index contributed by atoms with van der Waals surface area (Å²) in [6.45, 7) is 3.32. The fraction of sp³-hybridized carbons (Fsp3) is 0.269. The Morgan fingerprint density at radius 1 is 1.11 bits per heavy atom. The van der Waals surface area contributed by atoms with E-state index in [-0.39, 0.29) is 41.0 Å². The van der Waals surface area contributed by atoms with Crippen molar-refractivity contribution in [3.63, 3.8) is 0 Å². The molecule has 10 nitrogen and oxygen atoms in total. The summed E-state index contributed by atoms with van der Waals surface area (Å²) in [5, 5.41) is 5.61. The first-order valence-corrected chi connectivity index (χ1v) is 11.9. The van der Waals surface area contributed by atoms with E-state index in [1.807, 2.05) is 0 Å². The molecule has 0 spiro atoms. The molecule has 2 amide bonds. The highest BCUT2D eigenvalue weighted by Crippen LogP contribution is 2.43. The monoisotopic (exact) mass is 501 g/mol. The number of amides is 2. The Morgan fingerprint density at radius 3 is 2.65 bits per heavy atom. The molecule has 0 unspecified atom stereocenters. The van der Waals surface area contributed by atoms with Crippen LogP contribution < -0.4 is 16.4 Å². The summed E-state index contributed by atoms with van der Waals surface area (Å²) in [7, 11) is 0. The molecule has 4 N–H and O–H groups in total. The van der Waals surface area contributed by atoms with E-state index in [0.717, 1.165) is 6.42 Å². The molecule has 3 heterocycles. The number of rotatable bonds is 5. The van der Waals surface area contributed by atoms with Gasteiger partial charge in [-0.05, 0) is 43.4 Å². The van der Waals surface area contributed by atoms with Crippen molar-refractivity contribution in [3.05, 3.63) is 72.1 Å². The number of hydrogen-bond donors (Lipinski definition) is 3. The van der Waals surface area contributed by atoms with Crippen LogP contribution in [0.3, 0.4) is 0 Å². The first-order chi connectivity index (χ1) is 17.8. The predicted molar refractivity (Wildman–Crippen MR) is 133 cm³/mol. The molecule has 0 saturated heterocycles. The first-order valence-electron chi connectivity index (χ1n) is 11.9. The number of aryl methyl sites for hydroxylation is 2. The molecule has 11 heteroatoms. The number of hydrogen-bond acceptors (Lipinski definition) is 7. The molecular formula is C26H24FN7O3. The maximum Gasteiger partial charge on any atom is 0.293 e. The molecule has 37 heavy (non-hydrogen) atoms. The van der Waals surface area contributed by atoms with Crippen molar-refractivity contribution in [3.8, 4) is 11.3 Å². The van der Waals surface area contributed by atoms with Gasteiger partial charge in [-0.25, -0.2) is 19.3 Å². The summed E-state index contributed by atoms with van der Waals surface area (Å²) in [5.41, 5.74) is 8.07. The molecule has 4 aromatic rings. The summed E-state index contributed by atoms with van der Waals surface area (Å²) in [5.74, 6) is -0.213. The van der Waals surface area contributed by atoms with Gasteiger partial charge in [-0.15, -0.1) is 0 Å². The summed E-state index contributed by atoms with van der Waals surface area (Å²) < 4.78 is 21.7. The lowest BCUT2D eigenvalue weighted by atomic mass is 9.89. The van der Waals surface area contributed by atoms with Crippen LogP contribution in [0.25, 0.3) is 17.0 Å². The van der Waals surface area contributed by atoms with Gasteiger partial charge in [0.05, 0.1) is 29.2 Å². The SMILES string of the molecule is Cc1nc(C)c(C(=O)Nc2ccc(F)c(-c3cn4cc(NC(=O)[C@H]5[C@@H](N)[C@@H]6C=C[C@H]5C6)cnc4n3)c2)o1. The number of halogens is 1. The third-order valence-corrected chi connectivity index (χ3v) is 7.01. The Balaban J connectivity index is 1.23. The molecule has 2 aliphatic carbocycles. The Kier molecular flexibility index (Phi) is 5.37. The Labute approximate surface area is 210 Å². The van der Waals surface area contributed by atoms with Crippen molar-refractivity contribution in [1.29, 1.82) is 0 Å². The number of carbonyl (C=O) groups is 2. The summed E-state index contributed by atoms with van der Waals surface area (Å²) in [6.07, 6.45) is 9.86. The molecule has 4 atom stereocenters. The molecule has 3 aromatic heterocycles. The largest absolute Gasteiger partial charge is 0.436 e. The molecule has 188 valence electrons. The van der Waals surface area contributed by atoms with Crippen molar-refractivity contribution in [1.82, 2.24) is 19.4 Å². The smallest absolute Gasteiger partial charge is 0.293 e. The summed E-state index contributed by atoms with van der Waals surface area (Å²) in [6, 6.07) is 3.99. The zero-order valence-electron chi connectivity index (χ0n) is 20.1. The second-order valence-corrected chi connectivity index (χ2v) is 9.51. The highest BCUT2D eigenvalue weighted by molar-refractivity contribution is 6.03. The normalized spacial score (nSPS) is 22.1. The summed E-state index contributed by atoms with van der Waals surface area (Å²) >= 11 is 0. The molecule has 6 rings (SSSR count). The van der Waals surface area contributed by atoms with Crippen LogP contribution in [0.5, 0.6) is 0 Å². The summed E-state index contributed by atoms with van der Waals surface area (Å²) in [4.78, 5) is 38.3. The van der Waals surface area contributed by atoms with Crippen LogP contribution in [-0.2, 0) is 4.79 Å². The van der Waals surface area contributed by atoms with Gasteiger partial charge in [0.2, 0.25) is 17.4 Å². The molecule has 1 aromatic carbocycles. The molecule has 0 aliphatic heterocycles. The van der Waals surface area contributed by atoms with Crippen molar-refractivity contribution in [2.75, 3.05) is 10.6 Å². The van der Waals surface area contributed by atoms with E-state index in [9.17, 15) is 14.0 Å². The zero-order valence-corrected chi connectivity index (χ0v) is 20.1. The number of allylic oxidation sites excluding steroid dienone is 1. The van der Waals surface area contributed by atoms with Crippen LogP contribution in [0.2, 0.25) is 0 Å². The number of nitrogens with two attached hydrogens (primary N) is 1. The minimum absolute atomic E-state index is 0.0947. The Bertz CT molecular complexity index is 1590. The molecule has 1 saturated carbocycles. The van der Waals surface area contributed by atoms with E-state index in [1.165, 1.54) is 24.4 Å². The molecule has 0 radical (unpaired) electrons. The molecule has 1 fully saturated rings. The van der Waals surface area contributed by atoms with E-state index in [2.05, 4.69) is 37.7 Å². The van der Waals surface area contributed by atoms with Crippen LogP contribution in [0.15, 0.2) is 53.4 Å². The van der Waals surface area contributed by atoms with Gasteiger partial charge in [-0.1, -0.05) is 12.2 Å². The van der Waals surface area contributed by atoms with Gasteiger partial charge >= 0.3 is 0 Å². The molecule has 2 aliphatic rings. The number of nitrogens with one attached hydrogen (secondary N) is 2. The maximum atomic E-state index is 14.8. The quantitative estimate of drug-likeness (QED) is 0.356. The topological polar surface area (TPSA) is 140 Å². The van der Waals surface area contributed by atoms with Gasteiger partial charge in [-0.3, -0.25) is 14.0 Å². The van der Waals surface area contributed by atoms with Gasteiger partial charge in [-0.2, -0.15) is 0 Å². The van der Waals surface area contributed by atoms with Crippen molar-refractivity contribution >= 4 is 29.0 Å². The number of fused-ring (bicyclic) bond motifs is 3. The number of nitrogens with zero attached hydrogens (tertiary/aromatic N) is 4. The van der Waals surface area contributed by atoms with Crippen LogP contribution in [0, 0.1) is 37.4 Å². The number of benzene rings is 1. The highest BCUT2D eigenvalue weighted by Gasteiger charge is 2.46. The van der Waals surface area contributed by atoms with E-state index >= 15 is 0 Å². The van der Waals surface area contributed by atoms with Crippen molar-refractivity contribution in [2.45, 2.75) is 26.3 Å². The van der Waals surface area contributed by atoms with Crippen LogP contribution in [-0.4, -0.2) is 37.2 Å². The number of carbonyl (C=O) groups excluding carboxylic acids is 2. The fourth-order valence-corrected chi connectivity index (χ4v) is 5.26. The molecule has 2 bridgehead atoms. The molecular weight excluding hydrogens is 477 g/mol. The highest BCUT2D eigenvalue weighted by atomic mass is 19.1. The van der Waals surface area contributed by atoms with Crippen LogP contribution >= 0.6 is 0 Å². The van der Waals surface area contributed by atoms with Crippen LogP contribution in [0.4, 0.5) is 15.8 Å². The lowest BCUT2D eigenvalue weighted by molar-refractivity contribution is -0.120. The van der Waals surface area contributed by atoms with E-state index in [4.69, 9.17) is 10.2 Å². The van der Waals surface area contributed by atoms with Crippen molar-refractivity contribution in [2.24, 2.45) is 23.5 Å². The second-order valence-electron chi connectivity index (χ2n) is 9.51. The Morgan fingerprint density at radius 2 is 1.92 bits per heavy atom. The number of oxazole rings is 1. The standard InChI is InChI=1S/C26H24FN7O3/c1-12-23(37-13(2)30-12)25(36)31-16-5-6-19(27)18(8-16)20-11-34-10-17(9-29-26(34)33-20)32-24(35)21-14-3-4-15(7-14)22(21)28/h3-6,8-11,14-15,21-22H,7,28H2,1-2H3,(H,31,36)(H,32,35)/t14-,15+,21+,22-/m0/s1. The van der Waals surface area contributed by atoms with Gasteiger partial charge in [0.1, 0.15) is 5.82 Å². The van der Waals surface area contributed by atoms with Gasteiger partial charge < -0.3 is 20.8 Å². The number of imidazole rings is 1. The lowest BCUT2D eigenvalue weighted by Crippen LogP contribution is -2.41. The van der Waals surface area contributed by atoms with E-state index in [1.54, 1.807) is 30.6 Å². The zero-order chi connectivity index (χ0) is 25.8. The first kappa shape index (κ1) is 23.0. The lowest BCUT2D eigenvalue weighted by Gasteiger charge is -2.23. The number of aromatic nitrogens is 4. The van der Waals surface area contributed by atoms with Crippen LogP contribution in [0.1, 0.15) is 28.6 Å². The average Bonchev–Trinajstić information content (AvgIpc) is 3.63. The van der Waals surface area contributed by atoms with E-state index < -0.39 is 11.7 Å². The average molecular weight is 502 g/mol. The third kappa shape index (κ3) is 4.06. The maximum absolute atomic E-state index is 14.8. The van der Waals surface area contributed by atoms with Gasteiger partial charge in [0, 0.05) is 36.6 Å². The Hall–Kier alpha value is -4.38. The van der Waals surface area contributed by atoms with E-state index in [0.29, 0.717) is 34.4 Å². The van der Waals surface area contributed by atoms with Gasteiger partial charge in [0.15, 0.2) is 5.89 Å². The fourth-order valence-electron chi connectivity index (χ4n) is 5.26.